The van der Waals surface area contributed by atoms with E-state index in [0.717, 1.165) is 0 Å². The van der Waals surface area contributed by atoms with Gasteiger partial charge in [-0.3, -0.25) is 13.7 Å². The summed E-state index contributed by atoms with van der Waals surface area (Å²) in [6.07, 6.45) is 0. The molecule has 0 aliphatic heterocycles. The van der Waals surface area contributed by atoms with Gasteiger partial charge in [-0.25, -0.2) is 0 Å². The van der Waals surface area contributed by atoms with E-state index in [0.29, 0.717) is 0 Å². The topological polar surface area (TPSA) is 163 Å². The van der Waals surface area contributed by atoms with E-state index in [4.69, 9.17) is 13.7 Å². The molecule has 0 aliphatic rings. The Hall–Kier alpha value is 2.73. The standard InChI is InChI=1S/C3H8O9S3.3Na.3H/c4-13(5,6)1-3(15(10,11)12)2-14(7,8)9;;;;;;/h3H,1-2H2,(H,4,5,6)(H,7,8,9)(H,10,11,12);;;;;;. The van der Waals surface area contributed by atoms with Crippen molar-refractivity contribution < 1.29 is 38.9 Å². The maximum atomic E-state index is 10.5. The molecule has 18 heavy (non-hydrogen) atoms. The number of rotatable bonds is 5. The summed E-state index contributed by atoms with van der Waals surface area (Å²) in [5.74, 6) is -3.04. The Morgan fingerprint density at radius 3 is 1.00 bits per heavy atom. The minimum atomic E-state index is -5.01. The first-order valence-electron chi connectivity index (χ1n) is 3.18. The molecule has 0 spiro atoms. The van der Waals surface area contributed by atoms with E-state index in [1.165, 1.54) is 0 Å². The molecule has 0 aromatic heterocycles. The Morgan fingerprint density at radius 2 is 0.889 bits per heavy atom. The molecule has 15 heteroatoms. The van der Waals surface area contributed by atoms with Crippen molar-refractivity contribution in [2.24, 2.45) is 0 Å². The van der Waals surface area contributed by atoms with E-state index in [1.54, 1.807) is 0 Å². The van der Waals surface area contributed by atoms with Gasteiger partial charge >= 0.3 is 88.7 Å². The van der Waals surface area contributed by atoms with E-state index < -0.39 is 47.1 Å². The van der Waals surface area contributed by atoms with Crippen LogP contribution >= 0.6 is 0 Å². The average molecular weight is 356 g/mol. The van der Waals surface area contributed by atoms with E-state index >= 15 is 0 Å². The molecule has 0 radical (unpaired) electrons. The molecular weight excluding hydrogens is 345 g/mol. The van der Waals surface area contributed by atoms with E-state index in [1.807, 2.05) is 0 Å². The fourth-order valence-electron chi connectivity index (χ4n) is 0.690. The predicted octanol–water partition coefficient (Wildman–Crippen LogP) is -3.93. The van der Waals surface area contributed by atoms with Gasteiger partial charge in [-0.1, -0.05) is 0 Å². The summed E-state index contributed by atoms with van der Waals surface area (Å²) in [7, 11) is -14.6. The second-order valence-corrected chi connectivity index (χ2v) is 7.33. The molecule has 0 heterocycles. The van der Waals surface area contributed by atoms with Gasteiger partial charge < -0.3 is 0 Å². The van der Waals surface area contributed by atoms with Crippen molar-refractivity contribution in [2.45, 2.75) is 5.25 Å². The summed E-state index contributed by atoms with van der Waals surface area (Å²) in [5.41, 5.74) is 0. The Morgan fingerprint density at radius 1 is 0.667 bits per heavy atom. The monoisotopic (exact) mass is 356 g/mol. The van der Waals surface area contributed by atoms with Crippen molar-refractivity contribution in [1.82, 2.24) is 0 Å². The minimum absolute atomic E-state index is 0. The van der Waals surface area contributed by atoms with Gasteiger partial charge in [0.05, 0.1) is 11.5 Å². The molecule has 9 nitrogen and oxygen atoms in total. The van der Waals surface area contributed by atoms with Gasteiger partial charge in [0.2, 0.25) is 0 Å². The van der Waals surface area contributed by atoms with Gasteiger partial charge in [0.1, 0.15) is 5.25 Å². The third-order valence-corrected chi connectivity index (χ3v) is 4.46. The van der Waals surface area contributed by atoms with Gasteiger partial charge in [0.15, 0.2) is 0 Å². The van der Waals surface area contributed by atoms with Crippen molar-refractivity contribution in [3.8, 4) is 0 Å². The van der Waals surface area contributed by atoms with Crippen LogP contribution in [0.1, 0.15) is 0 Å². The molecule has 0 atom stereocenters. The molecule has 0 aromatic rings. The summed E-state index contributed by atoms with van der Waals surface area (Å²) in [6, 6.07) is 0. The molecule has 0 fully saturated rings. The first-order valence-corrected chi connectivity index (χ1v) is 7.90. The van der Waals surface area contributed by atoms with Gasteiger partial charge in [0, 0.05) is 0 Å². The van der Waals surface area contributed by atoms with Crippen LogP contribution in [0.2, 0.25) is 0 Å². The van der Waals surface area contributed by atoms with Crippen LogP contribution in [0.4, 0.5) is 0 Å². The first-order chi connectivity index (χ1) is 6.31. The van der Waals surface area contributed by atoms with Crippen LogP contribution in [0.25, 0.3) is 0 Å². The molecule has 0 aromatic carbocycles. The van der Waals surface area contributed by atoms with Gasteiger partial charge in [-0.2, -0.15) is 25.3 Å². The van der Waals surface area contributed by atoms with E-state index in [-0.39, 0.29) is 88.7 Å². The van der Waals surface area contributed by atoms with Crippen molar-refractivity contribution in [1.29, 1.82) is 0 Å². The molecule has 0 amide bonds. The zero-order valence-electron chi connectivity index (χ0n) is 7.01. The quantitative estimate of drug-likeness (QED) is 0.330. The fourth-order valence-corrected chi connectivity index (χ4v) is 4.42. The fraction of sp³-hybridized carbons (Fsp3) is 1.00. The van der Waals surface area contributed by atoms with E-state index in [9.17, 15) is 25.3 Å². The van der Waals surface area contributed by atoms with Crippen LogP contribution in [0.3, 0.4) is 0 Å². The van der Waals surface area contributed by atoms with Crippen LogP contribution < -0.4 is 0 Å². The molecule has 0 saturated heterocycles. The third-order valence-electron chi connectivity index (χ3n) is 1.21. The Balaban J connectivity index is -0.000000327. The van der Waals surface area contributed by atoms with Gasteiger partial charge in [0.25, 0.3) is 30.4 Å². The Labute approximate surface area is 172 Å². The van der Waals surface area contributed by atoms with Gasteiger partial charge in [-0.15, -0.1) is 0 Å². The summed E-state index contributed by atoms with van der Waals surface area (Å²) in [6.45, 7) is 0. The summed E-state index contributed by atoms with van der Waals surface area (Å²) in [4.78, 5) is 0. The zero-order chi connectivity index (χ0) is 12.5. The summed E-state index contributed by atoms with van der Waals surface area (Å²) in [5, 5.41) is -2.33. The molecule has 0 rings (SSSR count). The van der Waals surface area contributed by atoms with Crippen LogP contribution in [0.5, 0.6) is 0 Å². The molecule has 0 bridgehead atoms. The molecule has 0 unspecified atom stereocenters. The third kappa shape index (κ3) is 16.8. The van der Waals surface area contributed by atoms with E-state index in [2.05, 4.69) is 0 Å². The summed E-state index contributed by atoms with van der Waals surface area (Å²) < 4.78 is 87.1. The van der Waals surface area contributed by atoms with Crippen molar-refractivity contribution in [2.75, 3.05) is 11.5 Å². The second kappa shape index (κ2) is 10.5. The predicted molar refractivity (Wildman–Crippen MR) is 69.6 cm³/mol. The number of hydrogen-bond donors (Lipinski definition) is 3. The Kier molecular flexibility index (Phi) is 16.7. The van der Waals surface area contributed by atoms with Crippen LogP contribution in [-0.4, -0.2) is 144 Å². The molecule has 0 aliphatic carbocycles. The first kappa shape index (κ1) is 28.8. The normalized spacial score (nSPS) is 12.0. The zero-order valence-corrected chi connectivity index (χ0v) is 9.46. The molecular formula is C3H11Na3O9S3. The second-order valence-electron chi connectivity index (χ2n) is 2.63. The number of hydrogen-bond acceptors (Lipinski definition) is 6. The van der Waals surface area contributed by atoms with Crippen LogP contribution in [0, 0.1) is 0 Å². The molecule has 98 valence electrons. The van der Waals surface area contributed by atoms with Crippen LogP contribution in [0.15, 0.2) is 0 Å². The SMILES string of the molecule is O=S(=O)(O)CC(CS(=O)(=O)O)S(=O)(=O)O.[NaH].[NaH].[NaH]. The van der Waals surface area contributed by atoms with Crippen molar-refractivity contribution in [3.05, 3.63) is 0 Å². The van der Waals surface area contributed by atoms with Gasteiger partial charge in [-0.05, 0) is 0 Å². The van der Waals surface area contributed by atoms with Crippen molar-refractivity contribution in [3.63, 3.8) is 0 Å². The molecule has 3 N–H and O–H groups in total. The molecule has 0 saturated carbocycles. The summed E-state index contributed by atoms with van der Waals surface area (Å²) >= 11 is 0. The maximum absolute atomic E-state index is 10.5. The van der Waals surface area contributed by atoms with Crippen LogP contribution in [-0.2, 0) is 30.4 Å². The average Bonchev–Trinajstić information content (AvgIpc) is 1.75. The van der Waals surface area contributed by atoms with Crippen molar-refractivity contribution >= 4 is 119 Å². The Bertz CT molecular complexity index is 485.